The maximum atomic E-state index is 12.3. The SMILES string of the molecule is CC(C)(c1ccc(OCCCOC(=O)C2CCC3OC3C2)cc1)c1ccc(OCCCOC(=O)C2CCC3OC3C2)cc1. The van der Waals surface area contributed by atoms with E-state index in [0.717, 1.165) is 50.0 Å². The molecule has 2 heterocycles. The van der Waals surface area contributed by atoms with Crippen LogP contribution in [-0.4, -0.2) is 62.8 Å². The zero-order chi connectivity index (χ0) is 29.8. The Balaban J connectivity index is 0.871. The standard InChI is InChI=1S/C35H44O8/c1-35(2,25-7-11-27(12-8-25)38-17-3-19-40-33(36)23-5-15-29-31(21-23)42-29)26-9-13-28(14-10-26)39-18-4-20-41-34(37)24-6-16-30-32(22-24)43-30/h7-14,23-24,29-32H,3-6,15-22H2,1-2H3. The smallest absolute Gasteiger partial charge is 0.309 e. The summed E-state index contributed by atoms with van der Waals surface area (Å²) < 4.78 is 33.7. The highest BCUT2D eigenvalue weighted by Gasteiger charge is 2.47. The fourth-order valence-electron chi connectivity index (χ4n) is 6.42. The van der Waals surface area contributed by atoms with E-state index in [1.54, 1.807) is 0 Å². The van der Waals surface area contributed by atoms with Gasteiger partial charge in [-0.05, 0) is 73.9 Å². The molecular weight excluding hydrogens is 548 g/mol. The zero-order valence-corrected chi connectivity index (χ0v) is 25.3. The maximum Gasteiger partial charge on any atom is 0.309 e. The predicted molar refractivity (Wildman–Crippen MR) is 159 cm³/mol. The molecule has 8 nitrogen and oxygen atoms in total. The number of fused-ring (bicyclic) bond motifs is 2. The van der Waals surface area contributed by atoms with Gasteiger partial charge >= 0.3 is 11.9 Å². The number of hydrogen-bond acceptors (Lipinski definition) is 8. The molecular formula is C35H44O8. The fourth-order valence-corrected chi connectivity index (χ4v) is 6.42. The predicted octanol–water partition coefficient (Wildman–Crippen LogP) is 5.77. The third kappa shape index (κ3) is 7.71. The molecule has 2 aliphatic carbocycles. The van der Waals surface area contributed by atoms with Crippen LogP contribution in [0.1, 0.15) is 76.3 Å². The first-order valence-corrected chi connectivity index (χ1v) is 16.0. The minimum Gasteiger partial charge on any atom is -0.493 e. The highest BCUT2D eigenvalue weighted by atomic mass is 16.6. The van der Waals surface area contributed by atoms with Gasteiger partial charge in [-0.15, -0.1) is 0 Å². The molecule has 4 fully saturated rings. The Morgan fingerprint density at radius 1 is 0.628 bits per heavy atom. The van der Waals surface area contributed by atoms with Crippen LogP contribution < -0.4 is 9.47 Å². The van der Waals surface area contributed by atoms with Crippen molar-refractivity contribution in [2.24, 2.45) is 11.8 Å². The van der Waals surface area contributed by atoms with Crippen molar-refractivity contribution in [2.45, 2.75) is 95.0 Å². The summed E-state index contributed by atoms with van der Waals surface area (Å²) in [5.41, 5.74) is 2.16. The molecule has 0 bridgehead atoms. The van der Waals surface area contributed by atoms with E-state index in [9.17, 15) is 9.59 Å². The Morgan fingerprint density at radius 3 is 1.44 bits per heavy atom. The van der Waals surface area contributed by atoms with Crippen molar-refractivity contribution >= 4 is 11.9 Å². The van der Waals surface area contributed by atoms with Crippen molar-refractivity contribution in [3.05, 3.63) is 59.7 Å². The molecule has 0 N–H and O–H groups in total. The van der Waals surface area contributed by atoms with E-state index in [1.165, 1.54) is 11.1 Å². The second kappa shape index (κ2) is 13.3. The highest BCUT2D eigenvalue weighted by molar-refractivity contribution is 5.73. The molecule has 0 amide bonds. The van der Waals surface area contributed by atoms with Crippen molar-refractivity contribution in [3.8, 4) is 11.5 Å². The Hall–Kier alpha value is -3.10. The summed E-state index contributed by atoms with van der Waals surface area (Å²) in [5, 5.41) is 0. The lowest BCUT2D eigenvalue weighted by atomic mass is 9.78. The maximum absolute atomic E-state index is 12.3. The minimum atomic E-state index is -0.200. The normalized spacial score (nSPS) is 27.3. The molecule has 2 saturated carbocycles. The molecule has 43 heavy (non-hydrogen) atoms. The van der Waals surface area contributed by atoms with Crippen molar-refractivity contribution in [2.75, 3.05) is 26.4 Å². The van der Waals surface area contributed by atoms with Crippen LogP contribution in [0.25, 0.3) is 0 Å². The minimum absolute atomic E-state index is 0.0139. The lowest BCUT2D eigenvalue weighted by Crippen LogP contribution is -2.24. The van der Waals surface area contributed by atoms with E-state index in [-0.39, 0.29) is 41.4 Å². The first kappa shape index (κ1) is 29.9. The van der Waals surface area contributed by atoms with Gasteiger partial charge in [-0.1, -0.05) is 38.1 Å². The van der Waals surface area contributed by atoms with Crippen LogP contribution in [-0.2, 0) is 34.0 Å². The molecule has 0 aromatic heterocycles. The van der Waals surface area contributed by atoms with Crippen LogP contribution in [0.4, 0.5) is 0 Å². The van der Waals surface area contributed by atoms with Crippen LogP contribution in [0.2, 0.25) is 0 Å². The molecule has 4 aliphatic rings. The summed E-state index contributed by atoms with van der Waals surface area (Å²) in [7, 11) is 0. The number of epoxide rings is 2. The first-order chi connectivity index (χ1) is 20.9. The largest absolute Gasteiger partial charge is 0.493 e. The van der Waals surface area contributed by atoms with Gasteiger partial charge in [-0.3, -0.25) is 9.59 Å². The van der Waals surface area contributed by atoms with E-state index in [1.807, 2.05) is 24.3 Å². The number of rotatable bonds is 14. The molecule has 2 saturated heterocycles. The average molecular weight is 593 g/mol. The lowest BCUT2D eigenvalue weighted by molar-refractivity contribution is -0.150. The second-order valence-corrected chi connectivity index (χ2v) is 12.9. The van der Waals surface area contributed by atoms with Crippen molar-refractivity contribution < 1.29 is 38.0 Å². The summed E-state index contributed by atoms with van der Waals surface area (Å²) in [6.07, 6.45) is 7.95. The van der Waals surface area contributed by atoms with E-state index in [2.05, 4.69) is 38.1 Å². The monoisotopic (exact) mass is 592 g/mol. The van der Waals surface area contributed by atoms with Gasteiger partial charge in [-0.2, -0.15) is 0 Å². The summed E-state index contributed by atoms with van der Waals surface area (Å²) in [6, 6.07) is 16.4. The van der Waals surface area contributed by atoms with Crippen LogP contribution in [0, 0.1) is 11.8 Å². The van der Waals surface area contributed by atoms with Crippen LogP contribution in [0.5, 0.6) is 11.5 Å². The van der Waals surface area contributed by atoms with Crippen LogP contribution in [0.15, 0.2) is 48.5 Å². The number of esters is 2. The molecule has 6 rings (SSSR count). The summed E-state index contributed by atoms with van der Waals surface area (Å²) >= 11 is 0. The molecule has 0 spiro atoms. The van der Waals surface area contributed by atoms with Gasteiger partial charge in [-0.25, -0.2) is 0 Å². The van der Waals surface area contributed by atoms with Crippen molar-refractivity contribution in [1.29, 1.82) is 0 Å². The number of benzene rings is 2. The van der Waals surface area contributed by atoms with Gasteiger partial charge in [0.05, 0.1) is 62.7 Å². The lowest BCUT2D eigenvalue weighted by Gasteiger charge is -2.26. The molecule has 6 atom stereocenters. The summed E-state index contributed by atoms with van der Waals surface area (Å²) in [5.74, 6) is 1.38. The van der Waals surface area contributed by atoms with E-state index < -0.39 is 0 Å². The van der Waals surface area contributed by atoms with Crippen molar-refractivity contribution in [3.63, 3.8) is 0 Å². The quantitative estimate of drug-likeness (QED) is 0.155. The first-order valence-electron chi connectivity index (χ1n) is 16.0. The van der Waals surface area contributed by atoms with Gasteiger partial charge in [0.1, 0.15) is 11.5 Å². The number of ether oxygens (including phenoxy) is 6. The van der Waals surface area contributed by atoms with Gasteiger partial charge in [0.2, 0.25) is 0 Å². The van der Waals surface area contributed by atoms with E-state index in [0.29, 0.717) is 51.5 Å². The van der Waals surface area contributed by atoms with E-state index in [4.69, 9.17) is 28.4 Å². The number of hydrogen-bond donors (Lipinski definition) is 0. The van der Waals surface area contributed by atoms with Crippen LogP contribution in [0.3, 0.4) is 0 Å². The topological polar surface area (TPSA) is 96.1 Å². The van der Waals surface area contributed by atoms with Gasteiger partial charge in [0.15, 0.2) is 0 Å². The summed E-state index contributed by atoms with van der Waals surface area (Å²) in [4.78, 5) is 24.5. The number of carbonyl (C=O) groups excluding carboxylic acids is 2. The zero-order valence-electron chi connectivity index (χ0n) is 25.3. The molecule has 2 aromatic carbocycles. The Morgan fingerprint density at radius 2 is 1.05 bits per heavy atom. The third-order valence-corrected chi connectivity index (χ3v) is 9.43. The fraction of sp³-hybridized carbons (Fsp3) is 0.600. The van der Waals surface area contributed by atoms with Gasteiger partial charge in [0.25, 0.3) is 0 Å². The third-order valence-electron chi connectivity index (χ3n) is 9.43. The molecule has 8 heteroatoms. The Bertz CT molecular complexity index is 1140. The highest BCUT2D eigenvalue weighted by Crippen LogP contribution is 2.41. The van der Waals surface area contributed by atoms with Crippen LogP contribution >= 0.6 is 0 Å². The van der Waals surface area contributed by atoms with Gasteiger partial charge < -0.3 is 28.4 Å². The average Bonchev–Trinajstić information content (AvgIpc) is 3.95. The van der Waals surface area contributed by atoms with Crippen molar-refractivity contribution in [1.82, 2.24) is 0 Å². The molecule has 6 unspecified atom stereocenters. The Kier molecular flexibility index (Phi) is 9.24. The summed E-state index contributed by atoms with van der Waals surface area (Å²) in [6.45, 7) is 6.14. The number of carbonyl (C=O) groups is 2. The Labute approximate surface area is 254 Å². The molecule has 232 valence electrons. The van der Waals surface area contributed by atoms with E-state index >= 15 is 0 Å². The second-order valence-electron chi connectivity index (χ2n) is 12.9. The molecule has 2 aliphatic heterocycles. The van der Waals surface area contributed by atoms with Gasteiger partial charge in [0, 0.05) is 18.3 Å². The molecule has 0 radical (unpaired) electrons. The molecule has 2 aromatic rings.